The largest absolute Gasteiger partial charge is 0.317 e. The monoisotopic (exact) mass is 231 g/mol. The van der Waals surface area contributed by atoms with E-state index in [1.807, 2.05) is 11.8 Å². The topological polar surface area (TPSA) is 12.0 Å². The molecule has 1 nitrogen and oxygen atoms in total. The third kappa shape index (κ3) is 8.15. The summed E-state index contributed by atoms with van der Waals surface area (Å²) in [4.78, 5) is 0. The van der Waals surface area contributed by atoms with Crippen molar-refractivity contribution in [2.45, 2.75) is 58.4 Å². The van der Waals surface area contributed by atoms with Crippen molar-refractivity contribution in [1.82, 2.24) is 5.32 Å². The molecule has 0 radical (unpaired) electrons. The van der Waals surface area contributed by atoms with Crippen LogP contribution < -0.4 is 5.32 Å². The van der Waals surface area contributed by atoms with Crippen LogP contribution in [0.2, 0.25) is 0 Å². The van der Waals surface area contributed by atoms with Gasteiger partial charge >= 0.3 is 0 Å². The van der Waals surface area contributed by atoms with Gasteiger partial charge in [0, 0.05) is 6.04 Å². The van der Waals surface area contributed by atoms with E-state index in [0.29, 0.717) is 0 Å². The second-order valence-electron chi connectivity index (χ2n) is 4.42. The Morgan fingerprint density at radius 3 is 2.40 bits per heavy atom. The summed E-state index contributed by atoms with van der Waals surface area (Å²) >= 11 is 1.96. The molecule has 92 valence electrons. The van der Waals surface area contributed by atoms with Gasteiger partial charge in [0.05, 0.1) is 0 Å². The Morgan fingerprint density at radius 1 is 1.20 bits per heavy atom. The van der Waals surface area contributed by atoms with Crippen LogP contribution in [0, 0.1) is 5.92 Å². The van der Waals surface area contributed by atoms with Crippen LogP contribution in [0.3, 0.4) is 0 Å². The van der Waals surface area contributed by atoms with E-state index in [9.17, 15) is 0 Å². The van der Waals surface area contributed by atoms with Gasteiger partial charge in [-0.2, -0.15) is 11.8 Å². The van der Waals surface area contributed by atoms with E-state index in [2.05, 4.69) is 32.5 Å². The molecule has 0 aromatic heterocycles. The minimum atomic E-state index is 0.735. The highest BCUT2D eigenvalue weighted by atomic mass is 32.2. The van der Waals surface area contributed by atoms with Gasteiger partial charge in [-0.15, -0.1) is 0 Å². The first-order valence-electron chi connectivity index (χ1n) is 6.44. The number of unbranched alkanes of at least 4 members (excludes halogenated alkanes) is 1. The second-order valence-corrected chi connectivity index (χ2v) is 5.40. The maximum atomic E-state index is 3.46. The fraction of sp³-hybridized carbons (Fsp3) is 1.00. The minimum Gasteiger partial charge on any atom is -0.317 e. The molecular weight excluding hydrogens is 202 g/mol. The average molecular weight is 231 g/mol. The normalized spacial score (nSPS) is 15.2. The molecule has 15 heavy (non-hydrogen) atoms. The quantitative estimate of drug-likeness (QED) is 0.611. The molecular formula is C13H29NS. The lowest BCUT2D eigenvalue weighted by molar-refractivity contribution is 0.356. The third-order valence-electron chi connectivity index (χ3n) is 3.24. The molecule has 0 rings (SSSR count). The molecule has 2 heteroatoms. The van der Waals surface area contributed by atoms with Crippen LogP contribution >= 0.6 is 11.8 Å². The Morgan fingerprint density at radius 2 is 1.93 bits per heavy atom. The molecule has 2 unspecified atom stereocenters. The van der Waals surface area contributed by atoms with E-state index in [1.165, 1.54) is 44.3 Å². The summed E-state index contributed by atoms with van der Waals surface area (Å²) in [5, 5.41) is 3.46. The zero-order valence-corrected chi connectivity index (χ0v) is 11.8. The molecule has 0 bridgehead atoms. The average Bonchev–Trinajstić information content (AvgIpc) is 2.28. The van der Waals surface area contributed by atoms with Gasteiger partial charge in [-0.1, -0.05) is 39.5 Å². The Kier molecular flexibility index (Phi) is 11.0. The highest BCUT2D eigenvalue weighted by molar-refractivity contribution is 7.98. The predicted octanol–water partition coefficient (Wildman–Crippen LogP) is 3.93. The van der Waals surface area contributed by atoms with Gasteiger partial charge in [0.15, 0.2) is 0 Å². The van der Waals surface area contributed by atoms with Crippen LogP contribution in [0.25, 0.3) is 0 Å². The lowest BCUT2D eigenvalue weighted by Gasteiger charge is -2.22. The lowest BCUT2D eigenvalue weighted by Crippen LogP contribution is -2.28. The maximum absolute atomic E-state index is 3.46. The molecule has 0 aliphatic carbocycles. The molecule has 0 spiro atoms. The van der Waals surface area contributed by atoms with Crippen molar-refractivity contribution in [3.05, 3.63) is 0 Å². The zero-order valence-electron chi connectivity index (χ0n) is 11.0. The summed E-state index contributed by atoms with van der Waals surface area (Å²) in [7, 11) is 2.11. The lowest BCUT2D eigenvalue weighted by atomic mass is 9.91. The molecule has 0 aromatic carbocycles. The van der Waals surface area contributed by atoms with Crippen molar-refractivity contribution >= 4 is 11.8 Å². The molecule has 1 N–H and O–H groups in total. The van der Waals surface area contributed by atoms with E-state index in [0.717, 1.165) is 12.0 Å². The van der Waals surface area contributed by atoms with E-state index in [1.54, 1.807) is 0 Å². The zero-order chi connectivity index (χ0) is 11.5. The Bertz CT molecular complexity index is 114. The van der Waals surface area contributed by atoms with E-state index in [4.69, 9.17) is 0 Å². The predicted molar refractivity (Wildman–Crippen MR) is 73.8 cm³/mol. The highest BCUT2D eigenvalue weighted by Crippen LogP contribution is 2.20. The van der Waals surface area contributed by atoms with Gasteiger partial charge in [-0.05, 0) is 37.8 Å². The van der Waals surface area contributed by atoms with E-state index in [-0.39, 0.29) is 0 Å². The van der Waals surface area contributed by atoms with Gasteiger partial charge < -0.3 is 5.32 Å². The first kappa shape index (κ1) is 15.3. The third-order valence-corrected chi connectivity index (χ3v) is 3.88. The van der Waals surface area contributed by atoms with Crippen LogP contribution in [0.5, 0.6) is 0 Å². The number of thioether (sulfide) groups is 1. The summed E-state index contributed by atoms with van der Waals surface area (Å²) in [5.41, 5.74) is 0. The van der Waals surface area contributed by atoms with Crippen LogP contribution in [-0.4, -0.2) is 25.1 Å². The van der Waals surface area contributed by atoms with Crippen LogP contribution in [0.4, 0.5) is 0 Å². The van der Waals surface area contributed by atoms with Crippen molar-refractivity contribution < 1.29 is 0 Å². The summed E-state index contributed by atoms with van der Waals surface area (Å²) < 4.78 is 0. The SMILES string of the molecule is CCCCC(CC)CC(CCSC)NC. The molecule has 0 aliphatic heterocycles. The highest BCUT2D eigenvalue weighted by Gasteiger charge is 2.12. The summed E-state index contributed by atoms with van der Waals surface area (Å²) in [6.07, 6.45) is 10.4. The summed E-state index contributed by atoms with van der Waals surface area (Å²) in [5.74, 6) is 2.22. The molecule has 0 heterocycles. The number of nitrogens with one attached hydrogen (secondary N) is 1. The first-order chi connectivity index (χ1) is 7.28. The van der Waals surface area contributed by atoms with Crippen molar-refractivity contribution in [2.24, 2.45) is 5.92 Å². The first-order valence-corrected chi connectivity index (χ1v) is 7.83. The molecule has 2 atom stereocenters. The van der Waals surface area contributed by atoms with E-state index < -0.39 is 0 Å². The van der Waals surface area contributed by atoms with Gasteiger partial charge in [0.25, 0.3) is 0 Å². The van der Waals surface area contributed by atoms with Crippen molar-refractivity contribution in [2.75, 3.05) is 19.1 Å². The Hall–Kier alpha value is 0.310. The Balaban J connectivity index is 3.77. The summed E-state index contributed by atoms with van der Waals surface area (Å²) in [6, 6.07) is 0.735. The number of hydrogen-bond acceptors (Lipinski definition) is 2. The van der Waals surface area contributed by atoms with Crippen LogP contribution in [-0.2, 0) is 0 Å². The van der Waals surface area contributed by atoms with Gasteiger partial charge in [-0.3, -0.25) is 0 Å². The fourth-order valence-corrected chi connectivity index (χ4v) is 2.54. The van der Waals surface area contributed by atoms with Crippen molar-refractivity contribution in [1.29, 1.82) is 0 Å². The fourth-order valence-electron chi connectivity index (χ4n) is 2.02. The van der Waals surface area contributed by atoms with Crippen molar-refractivity contribution in [3.63, 3.8) is 0 Å². The molecule has 0 saturated heterocycles. The second kappa shape index (κ2) is 10.8. The molecule has 0 aromatic rings. The van der Waals surface area contributed by atoms with E-state index >= 15 is 0 Å². The van der Waals surface area contributed by atoms with Crippen molar-refractivity contribution in [3.8, 4) is 0 Å². The molecule has 0 saturated carbocycles. The summed E-state index contributed by atoms with van der Waals surface area (Å²) in [6.45, 7) is 4.62. The Labute approximate surface area is 101 Å². The van der Waals surface area contributed by atoms with Gasteiger partial charge in [0.1, 0.15) is 0 Å². The van der Waals surface area contributed by atoms with Crippen LogP contribution in [0.1, 0.15) is 52.4 Å². The maximum Gasteiger partial charge on any atom is 0.00745 e. The van der Waals surface area contributed by atoms with Gasteiger partial charge in [-0.25, -0.2) is 0 Å². The standard InChI is InChI=1S/C13H29NS/c1-5-7-8-12(6-2)11-13(14-3)9-10-15-4/h12-14H,5-11H2,1-4H3. The molecule has 0 fully saturated rings. The van der Waals surface area contributed by atoms with Crippen LogP contribution in [0.15, 0.2) is 0 Å². The molecule has 0 amide bonds. The minimum absolute atomic E-state index is 0.735. The smallest absolute Gasteiger partial charge is 0.00745 e. The van der Waals surface area contributed by atoms with Gasteiger partial charge in [0.2, 0.25) is 0 Å². The number of hydrogen-bond donors (Lipinski definition) is 1. The molecule has 0 aliphatic rings. The number of rotatable bonds is 10.